The number of para-hydroxylation sites is 1. The lowest BCUT2D eigenvalue weighted by atomic mass is 10.2. The van der Waals surface area contributed by atoms with Gasteiger partial charge in [0, 0.05) is 16.1 Å². The SMILES string of the molecule is O=C(C=Cc1ccc(-c2cccc(Cl)c2Cl)o1)Nc1ccccc1Br. The summed E-state index contributed by atoms with van der Waals surface area (Å²) in [6.07, 6.45) is 3.00. The Morgan fingerprint density at radius 3 is 2.64 bits per heavy atom. The molecule has 0 bridgehead atoms. The molecule has 0 radical (unpaired) electrons. The van der Waals surface area contributed by atoms with Gasteiger partial charge in [-0.05, 0) is 58.4 Å². The first-order valence-electron chi connectivity index (χ1n) is 7.32. The van der Waals surface area contributed by atoms with E-state index in [4.69, 9.17) is 27.6 Å². The van der Waals surface area contributed by atoms with Crippen molar-refractivity contribution in [3.63, 3.8) is 0 Å². The van der Waals surface area contributed by atoms with Crippen LogP contribution in [0.4, 0.5) is 5.69 Å². The highest BCUT2D eigenvalue weighted by molar-refractivity contribution is 9.10. The summed E-state index contributed by atoms with van der Waals surface area (Å²) in [5.41, 5.74) is 1.40. The smallest absolute Gasteiger partial charge is 0.248 e. The molecular weight excluding hydrogens is 425 g/mol. The van der Waals surface area contributed by atoms with Gasteiger partial charge in [0.25, 0.3) is 0 Å². The van der Waals surface area contributed by atoms with Crippen molar-refractivity contribution < 1.29 is 9.21 Å². The predicted octanol–water partition coefficient (Wildman–Crippen LogP) is 6.67. The Hall–Kier alpha value is -2.01. The number of carbonyl (C=O) groups excluding carboxylic acids is 1. The minimum Gasteiger partial charge on any atom is -0.457 e. The second kappa shape index (κ2) is 7.91. The lowest BCUT2D eigenvalue weighted by Crippen LogP contribution is -2.07. The summed E-state index contributed by atoms with van der Waals surface area (Å²) in [7, 11) is 0. The molecule has 0 atom stereocenters. The molecule has 6 heteroatoms. The van der Waals surface area contributed by atoms with Gasteiger partial charge < -0.3 is 9.73 Å². The first-order valence-corrected chi connectivity index (χ1v) is 8.87. The number of carbonyl (C=O) groups is 1. The molecule has 3 nitrogen and oxygen atoms in total. The van der Waals surface area contributed by atoms with Crippen molar-refractivity contribution >= 4 is 56.8 Å². The highest BCUT2D eigenvalue weighted by Crippen LogP contribution is 2.34. The van der Waals surface area contributed by atoms with E-state index in [2.05, 4.69) is 21.2 Å². The predicted molar refractivity (Wildman–Crippen MR) is 106 cm³/mol. The van der Waals surface area contributed by atoms with Crippen molar-refractivity contribution in [2.24, 2.45) is 0 Å². The van der Waals surface area contributed by atoms with E-state index in [0.29, 0.717) is 32.8 Å². The molecule has 0 aliphatic rings. The number of nitrogens with one attached hydrogen (secondary N) is 1. The van der Waals surface area contributed by atoms with Gasteiger partial charge in [-0.3, -0.25) is 4.79 Å². The zero-order valence-electron chi connectivity index (χ0n) is 12.8. The molecule has 0 unspecified atom stereocenters. The minimum atomic E-state index is -0.259. The number of benzene rings is 2. The molecule has 1 N–H and O–H groups in total. The summed E-state index contributed by atoms with van der Waals surface area (Å²) in [5.74, 6) is 0.859. The molecule has 1 aromatic heterocycles. The molecule has 0 aliphatic carbocycles. The normalized spacial score (nSPS) is 11.0. The minimum absolute atomic E-state index is 0.259. The van der Waals surface area contributed by atoms with Gasteiger partial charge in [-0.25, -0.2) is 0 Å². The summed E-state index contributed by atoms with van der Waals surface area (Å²) in [4.78, 5) is 12.0. The third-order valence-electron chi connectivity index (χ3n) is 3.37. The van der Waals surface area contributed by atoms with Crippen LogP contribution in [0.15, 0.2) is 69.6 Å². The maximum Gasteiger partial charge on any atom is 0.248 e. The van der Waals surface area contributed by atoms with Crippen LogP contribution in [0.3, 0.4) is 0 Å². The Kier molecular flexibility index (Phi) is 5.63. The average Bonchev–Trinajstić information content (AvgIpc) is 3.06. The Balaban J connectivity index is 1.73. The van der Waals surface area contributed by atoms with Gasteiger partial charge in [0.15, 0.2) is 0 Å². The third-order valence-corrected chi connectivity index (χ3v) is 4.88. The van der Waals surface area contributed by atoms with E-state index in [1.54, 1.807) is 30.3 Å². The Morgan fingerprint density at radius 2 is 1.84 bits per heavy atom. The summed E-state index contributed by atoms with van der Waals surface area (Å²) in [5, 5.41) is 3.67. The summed E-state index contributed by atoms with van der Waals surface area (Å²) < 4.78 is 6.52. The number of hydrogen-bond acceptors (Lipinski definition) is 2. The van der Waals surface area contributed by atoms with E-state index >= 15 is 0 Å². The number of halogens is 3. The molecule has 126 valence electrons. The van der Waals surface area contributed by atoms with Crippen LogP contribution in [0.25, 0.3) is 17.4 Å². The fourth-order valence-corrected chi connectivity index (χ4v) is 2.95. The highest BCUT2D eigenvalue weighted by atomic mass is 79.9. The van der Waals surface area contributed by atoms with Crippen molar-refractivity contribution in [3.8, 4) is 11.3 Å². The zero-order valence-corrected chi connectivity index (χ0v) is 15.9. The Labute approximate surface area is 163 Å². The standard InChI is InChI=1S/C19H12BrCl2NO2/c20-14-5-1-2-7-16(14)23-18(24)11-9-12-8-10-17(25-12)13-4-3-6-15(21)19(13)22/h1-11H,(H,23,24). The van der Waals surface area contributed by atoms with E-state index in [0.717, 1.165) is 4.47 Å². The first kappa shape index (κ1) is 17.8. The van der Waals surface area contributed by atoms with Crippen LogP contribution >= 0.6 is 39.1 Å². The van der Waals surface area contributed by atoms with Crippen molar-refractivity contribution in [3.05, 3.63) is 81.0 Å². The molecule has 1 amide bonds. The van der Waals surface area contributed by atoms with Crippen LogP contribution < -0.4 is 5.32 Å². The summed E-state index contributed by atoms with van der Waals surface area (Å²) in [6.45, 7) is 0. The first-order chi connectivity index (χ1) is 12.0. The molecule has 0 spiro atoms. The van der Waals surface area contributed by atoms with Crippen LogP contribution in [-0.4, -0.2) is 5.91 Å². The molecule has 3 rings (SSSR count). The monoisotopic (exact) mass is 435 g/mol. The average molecular weight is 437 g/mol. The van der Waals surface area contributed by atoms with Gasteiger partial charge in [0.1, 0.15) is 11.5 Å². The second-order valence-electron chi connectivity index (χ2n) is 5.11. The highest BCUT2D eigenvalue weighted by Gasteiger charge is 2.10. The fourth-order valence-electron chi connectivity index (χ4n) is 2.18. The fraction of sp³-hybridized carbons (Fsp3) is 0. The number of furan rings is 1. The Bertz CT molecular complexity index is 950. The van der Waals surface area contributed by atoms with E-state index in [1.165, 1.54) is 6.08 Å². The maximum atomic E-state index is 12.0. The molecule has 1 heterocycles. The maximum absolute atomic E-state index is 12.0. The summed E-state index contributed by atoms with van der Waals surface area (Å²) >= 11 is 15.6. The molecular formula is C19H12BrCl2NO2. The van der Waals surface area contributed by atoms with Crippen molar-refractivity contribution in [1.82, 2.24) is 0 Å². The van der Waals surface area contributed by atoms with Crippen LogP contribution in [-0.2, 0) is 4.79 Å². The van der Waals surface area contributed by atoms with Gasteiger partial charge in [-0.2, -0.15) is 0 Å². The zero-order chi connectivity index (χ0) is 17.8. The number of amides is 1. The van der Waals surface area contributed by atoms with Crippen LogP contribution in [0.5, 0.6) is 0 Å². The van der Waals surface area contributed by atoms with E-state index < -0.39 is 0 Å². The Morgan fingerprint density at radius 1 is 1.04 bits per heavy atom. The van der Waals surface area contributed by atoms with E-state index in [9.17, 15) is 4.79 Å². The van der Waals surface area contributed by atoms with Gasteiger partial charge in [0.2, 0.25) is 5.91 Å². The van der Waals surface area contributed by atoms with Gasteiger partial charge in [-0.1, -0.05) is 41.4 Å². The third kappa shape index (κ3) is 4.34. The van der Waals surface area contributed by atoms with Gasteiger partial charge in [-0.15, -0.1) is 0 Å². The largest absolute Gasteiger partial charge is 0.457 e. The molecule has 2 aromatic carbocycles. The molecule has 0 fully saturated rings. The van der Waals surface area contributed by atoms with Crippen LogP contribution in [0, 0.1) is 0 Å². The molecule has 0 aliphatic heterocycles. The summed E-state index contributed by atoms with van der Waals surface area (Å²) in [6, 6.07) is 16.3. The van der Waals surface area contributed by atoms with Crippen LogP contribution in [0.1, 0.15) is 5.76 Å². The quantitative estimate of drug-likeness (QED) is 0.464. The topological polar surface area (TPSA) is 42.2 Å². The van der Waals surface area contributed by atoms with Crippen molar-refractivity contribution in [1.29, 1.82) is 0 Å². The van der Waals surface area contributed by atoms with Gasteiger partial charge in [0.05, 0.1) is 15.7 Å². The second-order valence-corrected chi connectivity index (χ2v) is 6.75. The van der Waals surface area contributed by atoms with E-state index in [-0.39, 0.29) is 5.91 Å². The number of hydrogen-bond donors (Lipinski definition) is 1. The molecule has 0 saturated carbocycles. The number of anilines is 1. The number of rotatable bonds is 4. The van der Waals surface area contributed by atoms with Gasteiger partial charge >= 0.3 is 0 Å². The lowest BCUT2D eigenvalue weighted by molar-refractivity contribution is -0.111. The van der Waals surface area contributed by atoms with Crippen molar-refractivity contribution in [2.75, 3.05) is 5.32 Å². The lowest BCUT2D eigenvalue weighted by Gasteiger charge is -2.03. The molecule has 0 saturated heterocycles. The van der Waals surface area contributed by atoms with Crippen LogP contribution in [0.2, 0.25) is 10.0 Å². The molecule has 3 aromatic rings. The van der Waals surface area contributed by atoms with Crippen molar-refractivity contribution in [2.45, 2.75) is 0 Å². The van der Waals surface area contributed by atoms with E-state index in [1.807, 2.05) is 30.3 Å². The molecule has 25 heavy (non-hydrogen) atoms.